The number of carbonyl (C=O) groups excluding carboxylic acids is 1. The van der Waals surface area contributed by atoms with Gasteiger partial charge in [0.2, 0.25) is 5.91 Å². The fraction of sp³-hybridized carbons (Fsp3) is 0.929. The molecule has 3 fully saturated rings. The molecule has 3 rings (SSSR count). The third kappa shape index (κ3) is 2.65. The van der Waals surface area contributed by atoms with Crippen LogP contribution in [0.5, 0.6) is 0 Å². The Morgan fingerprint density at radius 3 is 2.18 bits per heavy atom. The molecule has 0 aromatic rings. The van der Waals surface area contributed by atoms with Gasteiger partial charge in [-0.2, -0.15) is 0 Å². The lowest BCUT2D eigenvalue weighted by Gasteiger charge is -2.32. The number of amides is 1. The lowest BCUT2D eigenvalue weighted by Crippen LogP contribution is -2.50. The Labute approximate surface area is 104 Å². The van der Waals surface area contributed by atoms with Crippen molar-refractivity contribution in [2.24, 2.45) is 29.6 Å². The Morgan fingerprint density at radius 1 is 1.18 bits per heavy atom. The molecule has 1 atom stereocenters. The third-order valence-electron chi connectivity index (χ3n) is 4.90. The summed E-state index contributed by atoms with van der Waals surface area (Å²) in [5.74, 6) is 3.70. The van der Waals surface area contributed by atoms with Gasteiger partial charge in [0, 0.05) is 12.5 Å². The molecule has 1 heterocycles. The van der Waals surface area contributed by atoms with E-state index < -0.39 is 0 Å². The maximum Gasteiger partial charge on any atom is 0.223 e. The third-order valence-corrected chi connectivity index (χ3v) is 4.90. The van der Waals surface area contributed by atoms with Gasteiger partial charge in [-0.25, -0.2) is 0 Å². The van der Waals surface area contributed by atoms with Crippen LogP contribution in [0.15, 0.2) is 0 Å². The van der Waals surface area contributed by atoms with Crippen molar-refractivity contribution < 1.29 is 4.79 Å². The fourth-order valence-electron chi connectivity index (χ4n) is 3.03. The number of rotatable bonds is 6. The van der Waals surface area contributed by atoms with Gasteiger partial charge in [-0.05, 0) is 62.4 Å². The first-order valence-electron chi connectivity index (χ1n) is 7.24. The largest absolute Gasteiger partial charge is 0.356 e. The fourth-order valence-corrected chi connectivity index (χ4v) is 3.03. The van der Waals surface area contributed by atoms with Crippen LogP contribution >= 0.6 is 0 Å². The average Bonchev–Trinajstić information content (AvgIpc) is 3.09. The Balaban J connectivity index is 1.43. The van der Waals surface area contributed by atoms with Crippen molar-refractivity contribution in [3.8, 4) is 0 Å². The SMILES string of the molecule is CC(C(=O)NCC(C1CC1)C1CC1)C1CNC1. The monoisotopic (exact) mass is 236 g/mol. The molecule has 2 saturated carbocycles. The van der Waals surface area contributed by atoms with Crippen LogP contribution in [0.25, 0.3) is 0 Å². The van der Waals surface area contributed by atoms with Gasteiger partial charge < -0.3 is 10.6 Å². The summed E-state index contributed by atoms with van der Waals surface area (Å²) < 4.78 is 0. The minimum Gasteiger partial charge on any atom is -0.356 e. The summed E-state index contributed by atoms with van der Waals surface area (Å²) in [6, 6.07) is 0. The summed E-state index contributed by atoms with van der Waals surface area (Å²) in [7, 11) is 0. The minimum absolute atomic E-state index is 0.190. The lowest BCUT2D eigenvalue weighted by atomic mass is 9.88. The number of nitrogens with one attached hydrogen (secondary N) is 2. The van der Waals surface area contributed by atoms with E-state index in [-0.39, 0.29) is 11.8 Å². The van der Waals surface area contributed by atoms with Gasteiger partial charge in [0.1, 0.15) is 0 Å². The van der Waals surface area contributed by atoms with Gasteiger partial charge in [0.25, 0.3) is 0 Å². The molecule has 0 bridgehead atoms. The Kier molecular flexibility index (Phi) is 3.12. The highest BCUT2D eigenvalue weighted by molar-refractivity contribution is 5.78. The standard InChI is InChI=1S/C14H24N2O/c1-9(12-6-15-7-12)14(17)16-8-13(10-2-3-10)11-4-5-11/h9-13,15H,2-8H2,1H3,(H,16,17). The van der Waals surface area contributed by atoms with Crippen LogP contribution in [0.3, 0.4) is 0 Å². The molecular weight excluding hydrogens is 212 g/mol. The topological polar surface area (TPSA) is 41.1 Å². The molecule has 3 aliphatic rings. The van der Waals surface area contributed by atoms with Gasteiger partial charge >= 0.3 is 0 Å². The summed E-state index contributed by atoms with van der Waals surface area (Å²) in [5.41, 5.74) is 0. The van der Waals surface area contributed by atoms with Crippen molar-refractivity contribution in [3.63, 3.8) is 0 Å². The summed E-state index contributed by atoms with van der Waals surface area (Å²) in [5, 5.41) is 6.45. The zero-order valence-corrected chi connectivity index (χ0v) is 10.7. The molecule has 17 heavy (non-hydrogen) atoms. The van der Waals surface area contributed by atoms with E-state index in [2.05, 4.69) is 17.6 Å². The molecule has 0 spiro atoms. The first-order chi connectivity index (χ1) is 8.25. The predicted molar refractivity (Wildman–Crippen MR) is 67.5 cm³/mol. The minimum atomic E-state index is 0.190. The molecule has 2 aliphatic carbocycles. The molecule has 1 amide bonds. The summed E-state index contributed by atoms with van der Waals surface area (Å²) in [4.78, 5) is 12.0. The van der Waals surface area contributed by atoms with Crippen LogP contribution in [0.1, 0.15) is 32.6 Å². The van der Waals surface area contributed by atoms with E-state index in [1.54, 1.807) is 0 Å². The molecule has 1 aliphatic heterocycles. The van der Waals surface area contributed by atoms with E-state index in [0.29, 0.717) is 5.92 Å². The van der Waals surface area contributed by atoms with Crippen LogP contribution < -0.4 is 10.6 Å². The van der Waals surface area contributed by atoms with E-state index in [0.717, 1.165) is 37.4 Å². The van der Waals surface area contributed by atoms with E-state index in [9.17, 15) is 4.79 Å². The van der Waals surface area contributed by atoms with Crippen LogP contribution in [-0.2, 0) is 4.79 Å². The second-order valence-electron chi connectivity index (χ2n) is 6.29. The van der Waals surface area contributed by atoms with Gasteiger partial charge in [-0.3, -0.25) is 4.79 Å². The molecular formula is C14H24N2O. The normalized spacial score (nSPS) is 26.7. The first-order valence-corrected chi connectivity index (χ1v) is 7.24. The lowest BCUT2D eigenvalue weighted by molar-refractivity contribution is -0.126. The van der Waals surface area contributed by atoms with Crippen LogP contribution in [0.2, 0.25) is 0 Å². The maximum atomic E-state index is 12.0. The summed E-state index contributed by atoms with van der Waals surface area (Å²) >= 11 is 0. The van der Waals surface area contributed by atoms with Crippen molar-refractivity contribution in [2.45, 2.75) is 32.6 Å². The Bertz CT molecular complexity index is 281. The first kappa shape index (κ1) is 11.5. The van der Waals surface area contributed by atoms with Crippen molar-refractivity contribution in [2.75, 3.05) is 19.6 Å². The second kappa shape index (κ2) is 4.60. The molecule has 96 valence electrons. The van der Waals surface area contributed by atoms with Crippen molar-refractivity contribution >= 4 is 5.91 Å². The molecule has 0 aromatic heterocycles. The molecule has 0 aromatic carbocycles. The van der Waals surface area contributed by atoms with Crippen molar-refractivity contribution in [1.29, 1.82) is 0 Å². The molecule has 1 unspecified atom stereocenters. The summed E-state index contributed by atoms with van der Waals surface area (Å²) in [6.45, 7) is 5.05. The van der Waals surface area contributed by atoms with Crippen LogP contribution in [0, 0.1) is 29.6 Å². The van der Waals surface area contributed by atoms with Crippen molar-refractivity contribution in [3.05, 3.63) is 0 Å². The van der Waals surface area contributed by atoms with Crippen LogP contribution in [-0.4, -0.2) is 25.5 Å². The van der Waals surface area contributed by atoms with Gasteiger partial charge in [0.15, 0.2) is 0 Å². The zero-order chi connectivity index (χ0) is 11.8. The summed E-state index contributed by atoms with van der Waals surface area (Å²) in [6.07, 6.45) is 5.61. The second-order valence-corrected chi connectivity index (χ2v) is 6.29. The van der Waals surface area contributed by atoms with E-state index >= 15 is 0 Å². The predicted octanol–water partition coefficient (Wildman–Crippen LogP) is 1.39. The maximum absolute atomic E-state index is 12.0. The van der Waals surface area contributed by atoms with Gasteiger partial charge in [-0.15, -0.1) is 0 Å². The molecule has 3 nitrogen and oxygen atoms in total. The van der Waals surface area contributed by atoms with E-state index in [1.807, 2.05) is 0 Å². The highest BCUT2D eigenvalue weighted by Crippen LogP contribution is 2.48. The average molecular weight is 236 g/mol. The molecule has 0 radical (unpaired) electrons. The molecule has 2 N–H and O–H groups in total. The quantitative estimate of drug-likeness (QED) is 0.732. The Morgan fingerprint density at radius 2 is 1.76 bits per heavy atom. The van der Waals surface area contributed by atoms with Gasteiger partial charge in [0.05, 0.1) is 0 Å². The highest BCUT2D eigenvalue weighted by Gasteiger charge is 2.41. The van der Waals surface area contributed by atoms with Crippen molar-refractivity contribution in [1.82, 2.24) is 10.6 Å². The van der Waals surface area contributed by atoms with Crippen LogP contribution in [0.4, 0.5) is 0 Å². The van der Waals surface area contributed by atoms with Gasteiger partial charge in [-0.1, -0.05) is 6.92 Å². The number of carbonyl (C=O) groups is 1. The Hall–Kier alpha value is -0.570. The highest BCUT2D eigenvalue weighted by atomic mass is 16.1. The smallest absolute Gasteiger partial charge is 0.223 e. The zero-order valence-electron chi connectivity index (χ0n) is 10.7. The number of hydrogen-bond donors (Lipinski definition) is 2. The van der Waals surface area contributed by atoms with E-state index in [1.165, 1.54) is 25.7 Å². The van der Waals surface area contributed by atoms with E-state index in [4.69, 9.17) is 0 Å². The molecule has 1 saturated heterocycles. The number of hydrogen-bond acceptors (Lipinski definition) is 2. The molecule has 3 heteroatoms.